The number of amidine groups is 1. The standard InChI is InChI=1S/C17H13IN2OS/c1-11-5-7-12(8-6-11)9-15-16(21)20-17(22-15)19-14-4-2-3-13(18)10-14/h2-10H,1H3,(H,19,20,21)/b15-9+. The van der Waals surface area contributed by atoms with Gasteiger partial charge >= 0.3 is 0 Å². The number of benzene rings is 2. The predicted molar refractivity (Wildman–Crippen MR) is 101 cm³/mol. The number of aryl methyl sites for hydroxylation is 1. The second-order valence-electron chi connectivity index (χ2n) is 4.87. The first kappa shape index (κ1) is 15.3. The van der Waals surface area contributed by atoms with Crippen molar-refractivity contribution in [1.29, 1.82) is 0 Å². The molecule has 1 N–H and O–H groups in total. The molecule has 0 unspecified atom stereocenters. The fourth-order valence-corrected chi connectivity index (χ4v) is 3.33. The molecule has 110 valence electrons. The summed E-state index contributed by atoms with van der Waals surface area (Å²) in [4.78, 5) is 17.2. The van der Waals surface area contributed by atoms with Crippen molar-refractivity contribution in [1.82, 2.24) is 5.32 Å². The van der Waals surface area contributed by atoms with E-state index in [-0.39, 0.29) is 5.91 Å². The summed E-state index contributed by atoms with van der Waals surface area (Å²) in [7, 11) is 0. The summed E-state index contributed by atoms with van der Waals surface area (Å²) in [6.07, 6.45) is 1.89. The first-order chi connectivity index (χ1) is 10.6. The fourth-order valence-electron chi connectivity index (χ4n) is 1.96. The molecule has 0 aliphatic carbocycles. The zero-order chi connectivity index (χ0) is 15.5. The number of halogens is 1. The molecular weight excluding hydrogens is 407 g/mol. The average molecular weight is 420 g/mol. The van der Waals surface area contributed by atoms with E-state index in [9.17, 15) is 4.79 Å². The number of carbonyl (C=O) groups is 1. The molecule has 1 aliphatic heterocycles. The average Bonchev–Trinajstić information content (AvgIpc) is 2.81. The molecule has 0 aromatic heterocycles. The molecule has 2 aromatic carbocycles. The number of carbonyl (C=O) groups excluding carboxylic acids is 1. The van der Waals surface area contributed by atoms with Gasteiger partial charge in [-0.3, -0.25) is 4.79 Å². The number of nitrogens with one attached hydrogen (secondary N) is 1. The Labute approximate surface area is 147 Å². The Hall–Kier alpha value is -1.60. The van der Waals surface area contributed by atoms with Crippen LogP contribution in [-0.2, 0) is 4.79 Å². The summed E-state index contributed by atoms with van der Waals surface area (Å²) in [5.74, 6) is -0.102. The van der Waals surface area contributed by atoms with Gasteiger partial charge in [-0.2, -0.15) is 0 Å². The zero-order valence-corrected chi connectivity index (χ0v) is 14.8. The Bertz CT molecular complexity index is 782. The van der Waals surface area contributed by atoms with Crippen LogP contribution in [0.3, 0.4) is 0 Å². The van der Waals surface area contributed by atoms with Gasteiger partial charge in [-0.15, -0.1) is 0 Å². The third-order valence-corrected chi connectivity index (χ3v) is 4.65. The van der Waals surface area contributed by atoms with Crippen LogP contribution in [0, 0.1) is 10.5 Å². The van der Waals surface area contributed by atoms with Gasteiger partial charge in [0.2, 0.25) is 0 Å². The quantitative estimate of drug-likeness (QED) is 0.575. The van der Waals surface area contributed by atoms with Crippen molar-refractivity contribution >= 4 is 57.2 Å². The van der Waals surface area contributed by atoms with Crippen molar-refractivity contribution < 1.29 is 4.79 Å². The SMILES string of the molecule is Cc1ccc(/C=C2/SC(=Nc3cccc(I)c3)NC2=O)cc1. The van der Waals surface area contributed by atoms with Crippen LogP contribution >= 0.6 is 34.4 Å². The zero-order valence-electron chi connectivity index (χ0n) is 11.8. The molecule has 1 saturated heterocycles. The van der Waals surface area contributed by atoms with E-state index in [0.717, 1.165) is 14.8 Å². The van der Waals surface area contributed by atoms with Crippen LogP contribution in [0.2, 0.25) is 0 Å². The molecule has 0 atom stereocenters. The first-order valence-electron chi connectivity index (χ1n) is 6.72. The lowest BCUT2D eigenvalue weighted by molar-refractivity contribution is -0.115. The van der Waals surface area contributed by atoms with E-state index in [1.54, 1.807) is 0 Å². The number of nitrogens with zero attached hydrogens (tertiary/aromatic N) is 1. The van der Waals surface area contributed by atoms with Crippen molar-refractivity contribution in [2.75, 3.05) is 0 Å². The summed E-state index contributed by atoms with van der Waals surface area (Å²) in [5.41, 5.74) is 3.05. The van der Waals surface area contributed by atoms with Crippen LogP contribution in [0.15, 0.2) is 58.4 Å². The molecule has 1 heterocycles. The molecule has 2 aromatic rings. The van der Waals surface area contributed by atoms with Gasteiger partial charge in [0, 0.05) is 3.57 Å². The van der Waals surface area contributed by atoms with Gasteiger partial charge in [-0.1, -0.05) is 35.9 Å². The lowest BCUT2D eigenvalue weighted by Crippen LogP contribution is -2.19. The third kappa shape index (κ3) is 3.78. The third-order valence-electron chi connectivity index (χ3n) is 3.06. The fraction of sp³-hybridized carbons (Fsp3) is 0.0588. The second kappa shape index (κ2) is 6.66. The van der Waals surface area contributed by atoms with Crippen molar-refractivity contribution in [3.8, 4) is 0 Å². The van der Waals surface area contributed by atoms with Crippen LogP contribution in [0.25, 0.3) is 6.08 Å². The van der Waals surface area contributed by atoms with E-state index in [1.807, 2.05) is 61.5 Å². The Balaban J connectivity index is 1.82. The molecule has 0 spiro atoms. The lowest BCUT2D eigenvalue weighted by atomic mass is 10.1. The molecule has 0 bridgehead atoms. The highest BCUT2D eigenvalue weighted by molar-refractivity contribution is 14.1. The first-order valence-corrected chi connectivity index (χ1v) is 8.61. The summed E-state index contributed by atoms with van der Waals surface area (Å²) in [5, 5.41) is 3.42. The molecule has 5 heteroatoms. The van der Waals surface area contributed by atoms with E-state index < -0.39 is 0 Å². The minimum atomic E-state index is -0.102. The number of rotatable bonds is 2. The van der Waals surface area contributed by atoms with E-state index in [2.05, 4.69) is 32.9 Å². The number of hydrogen-bond donors (Lipinski definition) is 1. The molecule has 22 heavy (non-hydrogen) atoms. The summed E-state index contributed by atoms with van der Waals surface area (Å²) in [6, 6.07) is 15.9. The molecule has 1 aliphatic rings. The maximum absolute atomic E-state index is 12.0. The highest BCUT2D eigenvalue weighted by Gasteiger charge is 2.23. The lowest BCUT2D eigenvalue weighted by Gasteiger charge is -1.97. The minimum absolute atomic E-state index is 0.102. The van der Waals surface area contributed by atoms with Crippen LogP contribution in [0.1, 0.15) is 11.1 Å². The monoisotopic (exact) mass is 420 g/mol. The highest BCUT2D eigenvalue weighted by Crippen LogP contribution is 2.28. The Morgan fingerprint density at radius 3 is 2.68 bits per heavy atom. The summed E-state index contributed by atoms with van der Waals surface area (Å²) < 4.78 is 1.11. The van der Waals surface area contributed by atoms with E-state index >= 15 is 0 Å². The highest BCUT2D eigenvalue weighted by atomic mass is 127. The van der Waals surface area contributed by atoms with Gasteiger partial charge < -0.3 is 5.32 Å². The molecule has 1 amide bonds. The van der Waals surface area contributed by atoms with E-state index in [0.29, 0.717) is 10.1 Å². The Morgan fingerprint density at radius 1 is 1.18 bits per heavy atom. The molecule has 0 radical (unpaired) electrons. The van der Waals surface area contributed by atoms with Crippen LogP contribution in [-0.4, -0.2) is 11.1 Å². The molecule has 0 saturated carbocycles. The van der Waals surface area contributed by atoms with Gasteiger partial charge in [0.15, 0.2) is 5.17 Å². The molecule has 1 fully saturated rings. The maximum atomic E-state index is 12.0. The van der Waals surface area contributed by atoms with Crippen molar-refractivity contribution in [3.63, 3.8) is 0 Å². The smallest absolute Gasteiger partial charge is 0.264 e. The van der Waals surface area contributed by atoms with Crippen LogP contribution in [0.5, 0.6) is 0 Å². The summed E-state index contributed by atoms with van der Waals surface area (Å²) >= 11 is 3.61. The number of thioether (sulfide) groups is 1. The van der Waals surface area contributed by atoms with Gasteiger partial charge in [0.1, 0.15) is 0 Å². The van der Waals surface area contributed by atoms with Gasteiger partial charge in [0.25, 0.3) is 5.91 Å². The van der Waals surface area contributed by atoms with Crippen molar-refractivity contribution in [2.24, 2.45) is 4.99 Å². The Morgan fingerprint density at radius 2 is 1.95 bits per heavy atom. The predicted octanol–water partition coefficient (Wildman–Crippen LogP) is 4.49. The van der Waals surface area contributed by atoms with Gasteiger partial charge in [0.05, 0.1) is 10.6 Å². The van der Waals surface area contributed by atoms with Crippen LogP contribution < -0.4 is 5.32 Å². The van der Waals surface area contributed by atoms with E-state index in [4.69, 9.17) is 0 Å². The van der Waals surface area contributed by atoms with Crippen LogP contribution in [0.4, 0.5) is 5.69 Å². The van der Waals surface area contributed by atoms with Gasteiger partial charge in [-0.25, -0.2) is 4.99 Å². The minimum Gasteiger partial charge on any atom is -0.300 e. The number of aliphatic imine (C=N–C) groups is 1. The number of hydrogen-bond acceptors (Lipinski definition) is 3. The second-order valence-corrected chi connectivity index (χ2v) is 7.15. The van der Waals surface area contributed by atoms with E-state index in [1.165, 1.54) is 17.3 Å². The summed E-state index contributed by atoms with van der Waals surface area (Å²) in [6.45, 7) is 2.04. The Kier molecular flexibility index (Phi) is 4.63. The largest absolute Gasteiger partial charge is 0.300 e. The molecular formula is C17H13IN2OS. The number of amides is 1. The topological polar surface area (TPSA) is 41.5 Å². The molecule has 3 rings (SSSR count). The normalized spacial score (nSPS) is 18.0. The van der Waals surface area contributed by atoms with Gasteiger partial charge in [-0.05, 0) is 71.1 Å². The van der Waals surface area contributed by atoms with Crippen molar-refractivity contribution in [2.45, 2.75) is 6.92 Å². The van der Waals surface area contributed by atoms with Crippen molar-refractivity contribution in [3.05, 3.63) is 68.1 Å². The molecule has 3 nitrogen and oxygen atoms in total. The maximum Gasteiger partial charge on any atom is 0.264 e.